The van der Waals surface area contributed by atoms with Gasteiger partial charge in [0.05, 0.1) is 5.41 Å². The summed E-state index contributed by atoms with van der Waals surface area (Å²) >= 11 is 5.09. The SMILES string of the molecule is Cc1ccc(OC(=S)OCc2ccc(OCOC(=O)C(C)(C)C)cc2)cc1. The summed E-state index contributed by atoms with van der Waals surface area (Å²) in [6, 6.07) is 14.8. The molecule has 0 aliphatic rings. The number of benzene rings is 2. The maximum atomic E-state index is 11.7. The second kappa shape index (κ2) is 9.37. The number of carbonyl (C=O) groups is 1. The number of ether oxygens (including phenoxy) is 4. The molecule has 0 heterocycles. The largest absolute Gasteiger partial charge is 0.457 e. The summed E-state index contributed by atoms with van der Waals surface area (Å²) in [7, 11) is 0. The average molecular weight is 388 g/mol. The summed E-state index contributed by atoms with van der Waals surface area (Å²) in [5.41, 5.74) is 1.50. The third-order valence-corrected chi connectivity index (χ3v) is 3.73. The number of aryl methyl sites for hydroxylation is 1. The molecule has 0 radical (unpaired) electrons. The molecule has 0 atom stereocenters. The second-order valence-corrected chi connectivity index (χ2v) is 7.38. The van der Waals surface area contributed by atoms with E-state index in [0.717, 1.165) is 11.1 Å². The lowest BCUT2D eigenvalue weighted by Gasteiger charge is -2.16. The Labute approximate surface area is 165 Å². The minimum atomic E-state index is -0.552. The summed E-state index contributed by atoms with van der Waals surface area (Å²) in [5.74, 6) is 0.924. The van der Waals surface area contributed by atoms with Gasteiger partial charge in [-0.05, 0) is 57.5 Å². The van der Waals surface area contributed by atoms with E-state index >= 15 is 0 Å². The van der Waals surface area contributed by atoms with Gasteiger partial charge in [-0.25, -0.2) is 0 Å². The summed E-state index contributed by atoms with van der Waals surface area (Å²) in [6.45, 7) is 7.52. The molecule has 144 valence electrons. The van der Waals surface area contributed by atoms with Crippen molar-refractivity contribution in [1.82, 2.24) is 0 Å². The second-order valence-electron chi connectivity index (χ2n) is 7.04. The van der Waals surface area contributed by atoms with Crippen LogP contribution in [-0.4, -0.2) is 18.0 Å². The van der Waals surface area contributed by atoms with Crippen molar-refractivity contribution in [2.45, 2.75) is 34.3 Å². The molecule has 0 aliphatic heterocycles. The lowest BCUT2D eigenvalue weighted by molar-refractivity contribution is -0.159. The van der Waals surface area contributed by atoms with E-state index in [1.807, 2.05) is 43.3 Å². The van der Waals surface area contributed by atoms with E-state index in [-0.39, 0.29) is 24.6 Å². The van der Waals surface area contributed by atoms with Crippen LogP contribution in [0.2, 0.25) is 0 Å². The molecule has 5 nitrogen and oxygen atoms in total. The molecule has 27 heavy (non-hydrogen) atoms. The molecule has 0 amide bonds. The van der Waals surface area contributed by atoms with Gasteiger partial charge in [0.15, 0.2) is 0 Å². The first-order valence-corrected chi connectivity index (χ1v) is 8.95. The molecule has 2 aromatic rings. The Morgan fingerprint density at radius 1 is 0.926 bits per heavy atom. The third-order valence-electron chi connectivity index (χ3n) is 3.53. The zero-order chi connectivity index (χ0) is 19.9. The van der Waals surface area contributed by atoms with Crippen LogP contribution in [0.4, 0.5) is 0 Å². The van der Waals surface area contributed by atoms with E-state index in [9.17, 15) is 4.79 Å². The maximum absolute atomic E-state index is 11.7. The van der Waals surface area contributed by atoms with Crippen molar-refractivity contribution in [2.75, 3.05) is 6.79 Å². The quantitative estimate of drug-likeness (QED) is 0.402. The molecular weight excluding hydrogens is 364 g/mol. The van der Waals surface area contributed by atoms with Gasteiger partial charge in [-0.15, -0.1) is 0 Å². The van der Waals surface area contributed by atoms with E-state index < -0.39 is 5.41 Å². The number of thiocarbonyl (C=S) groups is 1. The molecule has 0 fully saturated rings. The van der Waals surface area contributed by atoms with Crippen LogP contribution in [0.25, 0.3) is 0 Å². The predicted molar refractivity (Wildman–Crippen MR) is 107 cm³/mol. The zero-order valence-corrected chi connectivity index (χ0v) is 16.8. The highest BCUT2D eigenvalue weighted by Gasteiger charge is 2.22. The molecule has 0 unspecified atom stereocenters. The molecule has 6 heteroatoms. The highest BCUT2D eigenvalue weighted by Crippen LogP contribution is 2.17. The smallest absolute Gasteiger partial charge is 0.358 e. The fourth-order valence-corrected chi connectivity index (χ4v) is 2.08. The molecule has 0 bridgehead atoms. The molecule has 0 saturated carbocycles. The van der Waals surface area contributed by atoms with Gasteiger partial charge >= 0.3 is 11.2 Å². The number of hydrogen-bond donors (Lipinski definition) is 0. The molecule has 0 aromatic heterocycles. The van der Waals surface area contributed by atoms with Gasteiger partial charge in [-0.2, -0.15) is 0 Å². The van der Waals surface area contributed by atoms with Crippen molar-refractivity contribution < 1.29 is 23.7 Å². The van der Waals surface area contributed by atoms with E-state index in [2.05, 4.69) is 0 Å². The number of carbonyl (C=O) groups excluding carboxylic acids is 1. The predicted octanol–water partition coefficient (Wildman–Crippen LogP) is 4.80. The monoisotopic (exact) mass is 388 g/mol. The highest BCUT2D eigenvalue weighted by molar-refractivity contribution is 7.79. The van der Waals surface area contributed by atoms with Crippen molar-refractivity contribution in [2.24, 2.45) is 5.41 Å². The molecule has 2 aromatic carbocycles. The summed E-state index contributed by atoms with van der Waals surface area (Å²) in [5, 5.41) is 0.0632. The van der Waals surface area contributed by atoms with Crippen LogP contribution in [-0.2, 0) is 20.9 Å². The van der Waals surface area contributed by atoms with Crippen molar-refractivity contribution in [3.63, 3.8) is 0 Å². The standard InChI is InChI=1S/C21H24O5S/c1-15-5-9-18(10-6-15)26-20(27)23-13-16-7-11-17(12-8-16)24-14-25-19(22)21(2,3)4/h5-12H,13-14H2,1-4H3. The van der Waals surface area contributed by atoms with Crippen LogP contribution in [0.3, 0.4) is 0 Å². The number of esters is 1. The molecule has 0 aliphatic carbocycles. The van der Waals surface area contributed by atoms with Crippen molar-refractivity contribution in [3.8, 4) is 11.5 Å². The van der Waals surface area contributed by atoms with E-state index in [1.54, 1.807) is 32.9 Å². The Morgan fingerprint density at radius 3 is 2.11 bits per heavy atom. The first-order chi connectivity index (χ1) is 12.7. The third kappa shape index (κ3) is 7.27. The number of hydrogen-bond acceptors (Lipinski definition) is 6. The normalized spacial score (nSPS) is 10.8. The fourth-order valence-electron chi connectivity index (χ4n) is 1.92. The Morgan fingerprint density at radius 2 is 1.52 bits per heavy atom. The summed E-state index contributed by atoms with van der Waals surface area (Å²) in [4.78, 5) is 11.7. The first kappa shape index (κ1) is 20.7. The molecule has 0 saturated heterocycles. The Balaban J connectivity index is 1.74. The Bertz CT molecular complexity index is 761. The van der Waals surface area contributed by atoms with Gasteiger partial charge in [0.2, 0.25) is 6.79 Å². The van der Waals surface area contributed by atoms with Crippen molar-refractivity contribution in [1.29, 1.82) is 0 Å². The van der Waals surface area contributed by atoms with Crippen LogP contribution < -0.4 is 9.47 Å². The van der Waals surface area contributed by atoms with Crippen LogP contribution in [0.15, 0.2) is 48.5 Å². The van der Waals surface area contributed by atoms with Crippen LogP contribution >= 0.6 is 12.2 Å². The van der Waals surface area contributed by atoms with Crippen LogP contribution in [0.1, 0.15) is 31.9 Å². The van der Waals surface area contributed by atoms with Crippen LogP contribution in [0.5, 0.6) is 11.5 Å². The van der Waals surface area contributed by atoms with Gasteiger partial charge in [0.1, 0.15) is 18.1 Å². The number of rotatable bonds is 6. The molecule has 2 rings (SSSR count). The minimum Gasteiger partial charge on any atom is -0.457 e. The summed E-state index contributed by atoms with van der Waals surface area (Å²) < 4.78 is 21.4. The molecule has 0 spiro atoms. The van der Waals surface area contributed by atoms with E-state index in [0.29, 0.717) is 11.5 Å². The first-order valence-electron chi connectivity index (χ1n) is 8.54. The highest BCUT2D eigenvalue weighted by atomic mass is 32.1. The lowest BCUT2D eigenvalue weighted by Crippen LogP contribution is -2.24. The van der Waals surface area contributed by atoms with Crippen molar-refractivity contribution >= 4 is 23.4 Å². The van der Waals surface area contributed by atoms with Gasteiger partial charge < -0.3 is 18.9 Å². The summed E-state index contributed by atoms with van der Waals surface area (Å²) in [6.07, 6.45) is 0. The van der Waals surface area contributed by atoms with Gasteiger partial charge in [-0.1, -0.05) is 29.8 Å². The topological polar surface area (TPSA) is 54.0 Å². The zero-order valence-electron chi connectivity index (χ0n) is 16.0. The Hall–Kier alpha value is -2.60. The van der Waals surface area contributed by atoms with E-state index in [1.165, 1.54) is 0 Å². The Kier molecular flexibility index (Phi) is 7.19. The van der Waals surface area contributed by atoms with Crippen LogP contribution in [0, 0.1) is 12.3 Å². The fraction of sp³-hybridized carbons (Fsp3) is 0.333. The van der Waals surface area contributed by atoms with Gasteiger partial charge in [-0.3, -0.25) is 4.79 Å². The molecule has 0 N–H and O–H groups in total. The lowest BCUT2D eigenvalue weighted by atomic mass is 9.98. The van der Waals surface area contributed by atoms with E-state index in [4.69, 9.17) is 31.2 Å². The average Bonchev–Trinajstić information content (AvgIpc) is 2.62. The molecular formula is C21H24O5S. The minimum absolute atomic E-state index is 0.0632. The van der Waals surface area contributed by atoms with Gasteiger partial charge in [0, 0.05) is 12.2 Å². The van der Waals surface area contributed by atoms with Gasteiger partial charge in [0.25, 0.3) is 0 Å². The van der Waals surface area contributed by atoms with Crippen molar-refractivity contribution in [3.05, 3.63) is 59.7 Å². The maximum Gasteiger partial charge on any atom is 0.358 e.